The lowest BCUT2D eigenvalue weighted by Gasteiger charge is -2.25. The van der Waals surface area contributed by atoms with E-state index >= 15 is 0 Å². The molecular weight excluding hydrogens is 719 g/mol. The number of aliphatic hydroxyl groups is 1. The predicted molar refractivity (Wildman–Crippen MR) is 240 cm³/mol. The van der Waals surface area contributed by atoms with Gasteiger partial charge in [-0.15, -0.1) is 0 Å². The van der Waals surface area contributed by atoms with E-state index in [4.69, 9.17) is 9.05 Å². The summed E-state index contributed by atoms with van der Waals surface area (Å²) < 4.78 is 23.6. The van der Waals surface area contributed by atoms with Crippen LogP contribution >= 0.6 is 7.82 Å². The van der Waals surface area contributed by atoms with Gasteiger partial charge in [0.15, 0.2) is 0 Å². The summed E-state index contributed by atoms with van der Waals surface area (Å²) in [6.45, 7) is 4.79. The van der Waals surface area contributed by atoms with E-state index in [1.807, 2.05) is 27.2 Å². The van der Waals surface area contributed by atoms with Crippen LogP contribution in [0.25, 0.3) is 0 Å². The Bertz CT molecular complexity index is 1010. The van der Waals surface area contributed by atoms with Crippen molar-refractivity contribution in [3.63, 3.8) is 0 Å². The van der Waals surface area contributed by atoms with Gasteiger partial charge in [0.25, 0.3) is 0 Å². The molecule has 3 atom stereocenters. The number of likely N-dealkylation sites (N-methyl/N-ethyl adjacent to an activating group) is 1. The zero-order valence-electron chi connectivity index (χ0n) is 37.4. The fraction of sp³-hybridized carbons (Fsp3) is 0.851. The highest BCUT2D eigenvalue weighted by Crippen LogP contribution is 2.43. The Hall–Kier alpha value is -1.28. The topological polar surface area (TPSA) is 105 Å². The van der Waals surface area contributed by atoms with Crippen molar-refractivity contribution in [1.29, 1.82) is 0 Å². The molecule has 0 rings (SSSR count). The van der Waals surface area contributed by atoms with Crippen molar-refractivity contribution in [3.8, 4) is 0 Å². The standard InChI is InChI=1S/C47H91N2O6P/c1-6-8-10-12-14-16-18-20-22-24-25-27-29-31-33-35-37-39-41-47(51)48-45(44-55-56(52,53)54-43-42-49(3,4)5)46(50)40-38-36-34-32-30-28-26-23-21-19-17-15-13-11-9-7-2/h22,24,30,32,38,40,45-46,50H,6-21,23,25-29,31,33-37,39,41-44H2,1-5H3,(H-,48,51,52,53)/p+1/b24-22-,32-30+,40-38+. The first kappa shape index (κ1) is 54.7. The summed E-state index contributed by atoms with van der Waals surface area (Å²) >= 11 is 0. The van der Waals surface area contributed by atoms with Gasteiger partial charge in [-0.1, -0.05) is 179 Å². The zero-order chi connectivity index (χ0) is 41.4. The number of carbonyl (C=O) groups is 1. The smallest absolute Gasteiger partial charge is 0.387 e. The molecule has 0 aliphatic heterocycles. The molecule has 0 aliphatic rings. The first-order valence-electron chi connectivity index (χ1n) is 23.4. The molecule has 0 fully saturated rings. The predicted octanol–water partition coefficient (Wildman–Crippen LogP) is 13.1. The number of aliphatic hydroxyl groups excluding tert-OH is 1. The average Bonchev–Trinajstić information content (AvgIpc) is 3.15. The van der Waals surface area contributed by atoms with Gasteiger partial charge in [0, 0.05) is 6.42 Å². The second kappa shape index (κ2) is 39.2. The number of phosphoric acid groups is 1. The molecular formula is C47H92N2O6P+. The Morgan fingerprint density at radius 3 is 1.43 bits per heavy atom. The maximum absolute atomic E-state index is 12.9. The van der Waals surface area contributed by atoms with Crippen LogP contribution < -0.4 is 5.32 Å². The highest BCUT2D eigenvalue weighted by molar-refractivity contribution is 7.47. The maximum atomic E-state index is 12.9. The lowest BCUT2D eigenvalue weighted by atomic mass is 10.1. The number of hydrogen-bond donors (Lipinski definition) is 3. The Morgan fingerprint density at radius 2 is 0.982 bits per heavy atom. The first-order chi connectivity index (χ1) is 27.0. The number of phosphoric ester groups is 1. The average molecular weight is 812 g/mol. The number of hydrogen-bond acceptors (Lipinski definition) is 5. The minimum absolute atomic E-state index is 0.0554. The van der Waals surface area contributed by atoms with Gasteiger partial charge in [-0.2, -0.15) is 0 Å². The minimum atomic E-state index is -4.35. The van der Waals surface area contributed by atoms with Crippen molar-refractivity contribution in [3.05, 3.63) is 36.5 Å². The van der Waals surface area contributed by atoms with Crippen LogP contribution in [0.2, 0.25) is 0 Å². The van der Waals surface area contributed by atoms with Crippen LogP contribution in [0.1, 0.15) is 206 Å². The van der Waals surface area contributed by atoms with Gasteiger partial charge in [-0.05, 0) is 57.8 Å². The van der Waals surface area contributed by atoms with E-state index in [-0.39, 0.29) is 19.1 Å². The summed E-state index contributed by atoms with van der Waals surface area (Å²) in [5, 5.41) is 13.8. The Morgan fingerprint density at radius 1 is 0.589 bits per heavy atom. The van der Waals surface area contributed by atoms with E-state index in [0.29, 0.717) is 17.4 Å². The summed E-state index contributed by atoms with van der Waals surface area (Å²) in [7, 11) is 1.55. The van der Waals surface area contributed by atoms with E-state index in [9.17, 15) is 19.4 Å². The molecule has 0 saturated heterocycles. The fourth-order valence-corrected chi connectivity index (χ4v) is 7.32. The van der Waals surface area contributed by atoms with Crippen LogP contribution in [0.15, 0.2) is 36.5 Å². The van der Waals surface area contributed by atoms with Crippen molar-refractivity contribution in [2.24, 2.45) is 0 Å². The van der Waals surface area contributed by atoms with Crippen LogP contribution in [0.4, 0.5) is 0 Å². The lowest BCUT2D eigenvalue weighted by molar-refractivity contribution is -0.870. The highest BCUT2D eigenvalue weighted by Gasteiger charge is 2.27. The molecule has 0 saturated carbocycles. The summed E-state index contributed by atoms with van der Waals surface area (Å²) in [6.07, 6.45) is 47.8. The third kappa shape index (κ3) is 40.9. The summed E-state index contributed by atoms with van der Waals surface area (Å²) in [5.74, 6) is -0.192. The van der Waals surface area contributed by atoms with Crippen LogP contribution in [0.5, 0.6) is 0 Å². The lowest BCUT2D eigenvalue weighted by Crippen LogP contribution is -2.45. The molecule has 0 aromatic heterocycles. The molecule has 9 heteroatoms. The molecule has 3 N–H and O–H groups in total. The molecule has 0 aromatic carbocycles. The molecule has 0 spiro atoms. The molecule has 8 nitrogen and oxygen atoms in total. The minimum Gasteiger partial charge on any atom is -0.387 e. The van der Waals surface area contributed by atoms with Crippen molar-refractivity contribution >= 4 is 13.7 Å². The summed E-state index contributed by atoms with van der Waals surface area (Å²) in [6, 6.07) is -0.863. The van der Waals surface area contributed by atoms with E-state index in [1.54, 1.807) is 6.08 Å². The number of unbranched alkanes of at least 4 members (excludes halogenated alkanes) is 25. The van der Waals surface area contributed by atoms with Gasteiger partial charge in [0.05, 0.1) is 39.9 Å². The van der Waals surface area contributed by atoms with Gasteiger partial charge in [0.2, 0.25) is 5.91 Å². The van der Waals surface area contributed by atoms with Crippen molar-refractivity contribution in [2.45, 2.75) is 219 Å². The highest BCUT2D eigenvalue weighted by atomic mass is 31.2. The van der Waals surface area contributed by atoms with Crippen molar-refractivity contribution in [1.82, 2.24) is 5.32 Å². The number of carbonyl (C=O) groups excluding carboxylic acids is 1. The molecule has 0 heterocycles. The summed E-state index contributed by atoms with van der Waals surface area (Å²) in [4.78, 5) is 23.1. The maximum Gasteiger partial charge on any atom is 0.472 e. The van der Waals surface area contributed by atoms with Crippen LogP contribution in [-0.4, -0.2) is 73.4 Å². The third-order valence-electron chi connectivity index (χ3n) is 10.3. The van der Waals surface area contributed by atoms with Crippen LogP contribution in [-0.2, 0) is 18.4 Å². The Kier molecular flexibility index (Phi) is 38.3. The molecule has 0 aliphatic carbocycles. The fourth-order valence-electron chi connectivity index (χ4n) is 6.58. The van der Waals surface area contributed by atoms with E-state index in [2.05, 4.69) is 43.5 Å². The molecule has 3 unspecified atom stereocenters. The second-order valence-corrected chi connectivity index (χ2v) is 18.6. The van der Waals surface area contributed by atoms with Crippen molar-refractivity contribution in [2.75, 3.05) is 40.9 Å². The Labute approximate surface area is 347 Å². The van der Waals surface area contributed by atoms with E-state index < -0.39 is 20.0 Å². The van der Waals surface area contributed by atoms with Gasteiger partial charge in [0.1, 0.15) is 13.2 Å². The molecule has 0 bridgehead atoms. The summed E-state index contributed by atoms with van der Waals surface area (Å²) in [5.41, 5.74) is 0. The SMILES string of the molecule is CCCCCCCCC/C=C\CCCCCCCCCC(=O)NC(COP(=O)(O)OCC[N+](C)(C)C)C(O)/C=C/CC/C=C/CCCCCCCCCCCC. The van der Waals surface area contributed by atoms with Gasteiger partial charge >= 0.3 is 7.82 Å². The first-order valence-corrected chi connectivity index (χ1v) is 24.9. The van der Waals surface area contributed by atoms with E-state index in [1.165, 1.54) is 148 Å². The van der Waals surface area contributed by atoms with Gasteiger partial charge in [-0.3, -0.25) is 13.8 Å². The van der Waals surface area contributed by atoms with Gasteiger partial charge in [-0.25, -0.2) is 4.57 Å². The molecule has 1 amide bonds. The van der Waals surface area contributed by atoms with Crippen LogP contribution in [0.3, 0.4) is 0 Å². The number of allylic oxidation sites excluding steroid dienone is 5. The monoisotopic (exact) mass is 812 g/mol. The largest absolute Gasteiger partial charge is 0.472 e. The molecule has 56 heavy (non-hydrogen) atoms. The van der Waals surface area contributed by atoms with Gasteiger partial charge < -0.3 is 19.8 Å². The Balaban J connectivity index is 4.44. The number of quaternary nitrogens is 1. The second-order valence-electron chi connectivity index (χ2n) is 17.1. The number of nitrogens with one attached hydrogen (secondary N) is 1. The number of amides is 1. The quantitative estimate of drug-likeness (QED) is 0.0245. The normalized spacial score (nSPS) is 14.6. The van der Waals surface area contributed by atoms with E-state index in [0.717, 1.165) is 38.5 Å². The molecule has 0 radical (unpaired) electrons. The van der Waals surface area contributed by atoms with Crippen LogP contribution in [0, 0.1) is 0 Å². The van der Waals surface area contributed by atoms with Crippen molar-refractivity contribution < 1.29 is 32.9 Å². The molecule has 330 valence electrons. The number of rotatable bonds is 42. The molecule has 0 aromatic rings. The number of nitrogens with zero attached hydrogens (tertiary/aromatic N) is 1. The third-order valence-corrected chi connectivity index (χ3v) is 11.3. The zero-order valence-corrected chi connectivity index (χ0v) is 38.3.